The monoisotopic (exact) mass is 331 g/mol. The number of nitrogens with one attached hydrogen (secondary N) is 2. The Bertz CT molecular complexity index is 758. The molecule has 24 heavy (non-hydrogen) atoms. The van der Waals surface area contributed by atoms with Crippen LogP contribution in [-0.4, -0.2) is 41.7 Å². The SMILES string of the molecule is COc1ccc(NC(C)=O)c2c1C(=O)N(C1CCC(=O)NC1=O)C2. The second-order valence-electron chi connectivity index (χ2n) is 5.75. The molecule has 1 aromatic carbocycles. The summed E-state index contributed by atoms with van der Waals surface area (Å²) in [5, 5.41) is 4.95. The second kappa shape index (κ2) is 5.95. The van der Waals surface area contributed by atoms with E-state index in [1.165, 1.54) is 18.9 Å². The molecule has 0 aromatic heterocycles. The topological polar surface area (TPSA) is 105 Å². The standard InChI is InChI=1S/C16H17N3O5/c1-8(20)17-10-3-5-12(24-2)14-9(10)7-19(16(14)23)11-4-6-13(21)18-15(11)22/h3,5,11H,4,6-7H2,1-2H3,(H,17,20)(H,18,21,22). The van der Waals surface area contributed by atoms with Gasteiger partial charge in [-0.15, -0.1) is 0 Å². The van der Waals surface area contributed by atoms with E-state index >= 15 is 0 Å². The van der Waals surface area contributed by atoms with E-state index < -0.39 is 11.9 Å². The molecule has 1 unspecified atom stereocenters. The Labute approximate surface area is 138 Å². The Morgan fingerprint density at radius 1 is 1.33 bits per heavy atom. The lowest BCUT2D eigenvalue weighted by atomic mass is 10.0. The van der Waals surface area contributed by atoms with Crippen LogP contribution >= 0.6 is 0 Å². The fourth-order valence-corrected chi connectivity index (χ4v) is 3.12. The van der Waals surface area contributed by atoms with Gasteiger partial charge in [-0.1, -0.05) is 0 Å². The number of fused-ring (bicyclic) bond motifs is 1. The maximum atomic E-state index is 12.8. The number of carbonyl (C=O) groups excluding carboxylic acids is 4. The van der Waals surface area contributed by atoms with Gasteiger partial charge in [-0.3, -0.25) is 24.5 Å². The number of imide groups is 1. The molecule has 1 fully saturated rings. The van der Waals surface area contributed by atoms with Gasteiger partial charge >= 0.3 is 0 Å². The predicted octanol–water partition coefficient (Wildman–Crippen LogP) is 0.415. The molecule has 4 amide bonds. The summed E-state index contributed by atoms with van der Waals surface area (Å²) < 4.78 is 5.25. The number of ether oxygens (including phenoxy) is 1. The molecule has 126 valence electrons. The molecule has 0 saturated carbocycles. The molecule has 1 aromatic rings. The summed E-state index contributed by atoms with van der Waals surface area (Å²) in [6, 6.07) is 2.56. The normalized spacial score (nSPS) is 19.8. The fraction of sp³-hybridized carbons (Fsp3) is 0.375. The quantitative estimate of drug-likeness (QED) is 0.781. The summed E-state index contributed by atoms with van der Waals surface area (Å²) >= 11 is 0. The third kappa shape index (κ3) is 2.60. The van der Waals surface area contributed by atoms with E-state index in [4.69, 9.17) is 4.74 Å². The van der Waals surface area contributed by atoms with Gasteiger partial charge < -0.3 is 15.0 Å². The Kier molecular flexibility index (Phi) is 3.96. The maximum absolute atomic E-state index is 12.8. The van der Waals surface area contributed by atoms with E-state index in [9.17, 15) is 19.2 Å². The van der Waals surface area contributed by atoms with Gasteiger partial charge in [0, 0.05) is 31.1 Å². The molecule has 1 saturated heterocycles. The van der Waals surface area contributed by atoms with Crippen molar-refractivity contribution >= 4 is 29.3 Å². The molecule has 8 nitrogen and oxygen atoms in total. The first kappa shape index (κ1) is 16.0. The summed E-state index contributed by atoms with van der Waals surface area (Å²) in [5.41, 5.74) is 1.47. The molecule has 3 rings (SSSR count). The van der Waals surface area contributed by atoms with Crippen LogP contribution in [0.1, 0.15) is 35.7 Å². The largest absolute Gasteiger partial charge is 0.496 e. The van der Waals surface area contributed by atoms with Crippen molar-refractivity contribution in [3.8, 4) is 5.75 Å². The van der Waals surface area contributed by atoms with Crippen molar-refractivity contribution in [1.29, 1.82) is 0 Å². The Morgan fingerprint density at radius 2 is 2.08 bits per heavy atom. The van der Waals surface area contributed by atoms with E-state index in [0.29, 0.717) is 22.6 Å². The van der Waals surface area contributed by atoms with Gasteiger partial charge in [0.1, 0.15) is 11.8 Å². The van der Waals surface area contributed by atoms with Crippen LogP contribution in [0.2, 0.25) is 0 Å². The highest BCUT2D eigenvalue weighted by Crippen LogP contribution is 2.37. The molecule has 0 spiro atoms. The minimum atomic E-state index is -0.711. The van der Waals surface area contributed by atoms with Crippen LogP contribution in [0.15, 0.2) is 12.1 Å². The lowest BCUT2D eigenvalue weighted by molar-refractivity contribution is -0.137. The van der Waals surface area contributed by atoms with Crippen LogP contribution in [0.4, 0.5) is 5.69 Å². The number of amides is 4. The molecule has 2 aliphatic rings. The fourth-order valence-electron chi connectivity index (χ4n) is 3.12. The zero-order chi connectivity index (χ0) is 17.4. The van der Waals surface area contributed by atoms with Crippen LogP contribution in [0, 0.1) is 0 Å². The van der Waals surface area contributed by atoms with Gasteiger partial charge in [-0.25, -0.2) is 0 Å². The van der Waals surface area contributed by atoms with Crippen LogP contribution in [0.25, 0.3) is 0 Å². The zero-order valence-electron chi connectivity index (χ0n) is 13.3. The predicted molar refractivity (Wildman–Crippen MR) is 83.3 cm³/mol. The van der Waals surface area contributed by atoms with Crippen molar-refractivity contribution in [2.45, 2.75) is 32.4 Å². The number of methoxy groups -OCH3 is 1. The van der Waals surface area contributed by atoms with Gasteiger partial charge in [-0.2, -0.15) is 0 Å². The molecular formula is C16H17N3O5. The number of carbonyl (C=O) groups is 4. The smallest absolute Gasteiger partial charge is 0.259 e. The van der Waals surface area contributed by atoms with Crippen molar-refractivity contribution in [2.75, 3.05) is 12.4 Å². The summed E-state index contributed by atoms with van der Waals surface area (Å²) in [4.78, 5) is 49.0. The number of rotatable bonds is 3. The van der Waals surface area contributed by atoms with Gasteiger partial charge in [-0.05, 0) is 18.6 Å². The Morgan fingerprint density at radius 3 is 2.71 bits per heavy atom. The first-order valence-electron chi connectivity index (χ1n) is 7.54. The number of hydrogen-bond acceptors (Lipinski definition) is 5. The first-order valence-corrected chi connectivity index (χ1v) is 7.54. The second-order valence-corrected chi connectivity index (χ2v) is 5.75. The van der Waals surface area contributed by atoms with Crippen LogP contribution in [0.5, 0.6) is 5.75 Å². The van der Waals surface area contributed by atoms with Crippen molar-refractivity contribution in [2.24, 2.45) is 0 Å². The highest BCUT2D eigenvalue weighted by atomic mass is 16.5. The van der Waals surface area contributed by atoms with Crippen molar-refractivity contribution in [3.05, 3.63) is 23.3 Å². The molecule has 2 N–H and O–H groups in total. The summed E-state index contributed by atoms with van der Waals surface area (Å²) in [6.07, 6.45) is 0.467. The summed E-state index contributed by atoms with van der Waals surface area (Å²) in [6.45, 7) is 1.55. The van der Waals surface area contributed by atoms with Gasteiger partial charge in [0.25, 0.3) is 5.91 Å². The van der Waals surface area contributed by atoms with Gasteiger partial charge in [0.2, 0.25) is 17.7 Å². The van der Waals surface area contributed by atoms with E-state index in [1.54, 1.807) is 12.1 Å². The van der Waals surface area contributed by atoms with Crippen LogP contribution < -0.4 is 15.4 Å². The average molecular weight is 331 g/mol. The molecule has 8 heteroatoms. The average Bonchev–Trinajstić information content (AvgIpc) is 2.86. The third-order valence-electron chi connectivity index (χ3n) is 4.19. The highest BCUT2D eigenvalue weighted by molar-refractivity contribution is 6.08. The van der Waals surface area contributed by atoms with Crippen LogP contribution in [0.3, 0.4) is 0 Å². The zero-order valence-corrected chi connectivity index (χ0v) is 13.3. The minimum Gasteiger partial charge on any atom is -0.496 e. The lowest BCUT2D eigenvalue weighted by Gasteiger charge is -2.29. The van der Waals surface area contributed by atoms with Crippen LogP contribution in [-0.2, 0) is 20.9 Å². The summed E-state index contributed by atoms with van der Waals surface area (Å²) in [7, 11) is 1.45. The summed E-state index contributed by atoms with van der Waals surface area (Å²) in [5.74, 6) is -1.03. The van der Waals surface area contributed by atoms with E-state index in [1.807, 2.05) is 0 Å². The van der Waals surface area contributed by atoms with Crippen molar-refractivity contribution < 1.29 is 23.9 Å². The number of benzene rings is 1. The molecule has 0 aliphatic carbocycles. The number of anilines is 1. The Hall–Kier alpha value is -2.90. The van der Waals surface area contributed by atoms with Crippen molar-refractivity contribution in [1.82, 2.24) is 10.2 Å². The molecule has 0 bridgehead atoms. The van der Waals surface area contributed by atoms with E-state index in [2.05, 4.69) is 10.6 Å². The molecular weight excluding hydrogens is 314 g/mol. The molecule has 2 aliphatic heterocycles. The molecule has 1 atom stereocenters. The van der Waals surface area contributed by atoms with Gasteiger partial charge in [0.15, 0.2) is 0 Å². The number of piperidine rings is 1. The third-order valence-corrected chi connectivity index (χ3v) is 4.19. The van der Waals surface area contributed by atoms with Crippen molar-refractivity contribution in [3.63, 3.8) is 0 Å². The number of hydrogen-bond donors (Lipinski definition) is 2. The first-order chi connectivity index (χ1) is 11.4. The van der Waals surface area contributed by atoms with E-state index in [-0.39, 0.29) is 37.1 Å². The molecule has 2 heterocycles. The maximum Gasteiger partial charge on any atom is 0.259 e. The lowest BCUT2D eigenvalue weighted by Crippen LogP contribution is -2.52. The Balaban J connectivity index is 1.98. The number of nitrogens with zero attached hydrogens (tertiary/aromatic N) is 1. The van der Waals surface area contributed by atoms with E-state index in [0.717, 1.165) is 0 Å². The van der Waals surface area contributed by atoms with Gasteiger partial charge in [0.05, 0.1) is 12.7 Å². The highest BCUT2D eigenvalue weighted by Gasteiger charge is 2.41. The minimum absolute atomic E-state index is 0.174. The molecule has 0 radical (unpaired) electrons.